The van der Waals surface area contributed by atoms with Crippen molar-refractivity contribution in [1.82, 2.24) is 9.21 Å². The van der Waals surface area contributed by atoms with Crippen LogP contribution in [0.15, 0.2) is 47.4 Å². The molecular weight excluding hydrogens is 386 g/mol. The van der Waals surface area contributed by atoms with Gasteiger partial charge in [0.05, 0.1) is 10.5 Å². The van der Waals surface area contributed by atoms with Gasteiger partial charge in [0.1, 0.15) is 0 Å². The highest BCUT2D eigenvalue weighted by atomic mass is 32.2. The molecule has 29 heavy (non-hydrogen) atoms. The van der Waals surface area contributed by atoms with Crippen LogP contribution in [0.2, 0.25) is 0 Å². The second-order valence-electron chi connectivity index (χ2n) is 7.75. The molecule has 1 heterocycles. The third-order valence-electron chi connectivity index (χ3n) is 5.44. The number of aryl methyl sites for hydroxylation is 1. The Morgan fingerprint density at radius 3 is 2.31 bits per heavy atom. The third kappa shape index (κ3) is 4.46. The minimum absolute atomic E-state index is 0.137. The van der Waals surface area contributed by atoms with Crippen molar-refractivity contribution in [2.75, 3.05) is 39.1 Å². The number of carbonyl (C=O) groups is 1. The van der Waals surface area contributed by atoms with Gasteiger partial charge in [-0.1, -0.05) is 24.3 Å². The van der Waals surface area contributed by atoms with E-state index in [0.29, 0.717) is 12.1 Å². The van der Waals surface area contributed by atoms with Crippen LogP contribution in [-0.2, 0) is 16.6 Å². The van der Waals surface area contributed by atoms with E-state index in [4.69, 9.17) is 0 Å². The second kappa shape index (κ2) is 8.55. The van der Waals surface area contributed by atoms with E-state index in [9.17, 15) is 13.2 Å². The molecule has 0 unspecified atom stereocenters. The molecular formula is C22H29N3O3S. The van der Waals surface area contributed by atoms with E-state index in [1.807, 2.05) is 31.2 Å². The first-order chi connectivity index (χ1) is 13.7. The zero-order chi connectivity index (χ0) is 21.2. The van der Waals surface area contributed by atoms with Crippen molar-refractivity contribution in [3.63, 3.8) is 0 Å². The van der Waals surface area contributed by atoms with Crippen LogP contribution >= 0.6 is 0 Å². The monoisotopic (exact) mass is 415 g/mol. The largest absolute Gasteiger partial charge is 0.371 e. The molecule has 0 N–H and O–H groups in total. The standard InChI is InChI=1S/C22H29N3O3S/c1-17-9-5-6-10-18(17)16-24(4)22(26)20-15-19(29(27,28)23(2)3)11-12-21(20)25-13-7-8-14-25/h5-6,9-12,15H,7-8,13-14,16H2,1-4H3. The summed E-state index contributed by atoms with van der Waals surface area (Å²) in [5.41, 5.74) is 3.44. The molecule has 2 aromatic rings. The fourth-order valence-electron chi connectivity index (χ4n) is 3.61. The van der Waals surface area contributed by atoms with Crippen LogP contribution in [0.5, 0.6) is 0 Å². The Balaban J connectivity index is 1.99. The minimum atomic E-state index is -3.62. The molecule has 0 aliphatic carbocycles. The zero-order valence-corrected chi connectivity index (χ0v) is 18.4. The summed E-state index contributed by atoms with van der Waals surface area (Å²) < 4.78 is 26.4. The van der Waals surface area contributed by atoms with Crippen molar-refractivity contribution in [3.05, 3.63) is 59.2 Å². The Morgan fingerprint density at radius 2 is 1.69 bits per heavy atom. The summed E-state index contributed by atoms with van der Waals surface area (Å²) in [4.78, 5) is 17.3. The molecule has 7 heteroatoms. The van der Waals surface area contributed by atoms with Crippen LogP contribution < -0.4 is 4.90 Å². The lowest BCUT2D eigenvalue weighted by molar-refractivity contribution is 0.0785. The molecule has 0 spiro atoms. The van der Waals surface area contributed by atoms with Crippen molar-refractivity contribution in [1.29, 1.82) is 0 Å². The zero-order valence-electron chi connectivity index (χ0n) is 17.6. The van der Waals surface area contributed by atoms with E-state index in [-0.39, 0.29) is 10.8 Å². The predicted molar refractivity (Wildman–Crippen MR) is 116 cm³/mol. The number of amides is 1. The highest BCUT2D eigenvalue weighted by molar-refractivity contribution is 7.89. The fourth-order valence-corrected chi connectivity index (χ4v) is 4.54. The first-order valence-corrected chi connectivity index (χ1v) is 11.3. The topological polar surface area (TPSA) is 60.9 Å². The van der Waals surface area contributed by atoms with Gasteiger partial charge in [-0.15, -0.1) is 0 Å². The smallest absolute Gasteiger partial charge is 0.256 e. The summed E-state index contributed by atoms with van der Waals surface area (Å²) in [5, 5.41) is 0. The lowest BCUT2D eigenvalue weighted by Gasteiger charge is -2.25. The molecule has 0 bridgehead atoms. The number of rotatable bonds is 6. The number of benzene rings is 2. The molecule has 3 rings (SSSR count). The van der Waals surface area contributed by atoms with Gasteiger partial charge in [-0.3, -0.25) is 4.79 Å². The Labute approximate surface area is 173 Å². The van der Waals surface area contributed by atoms with Crippen molar-refractivity contribution < 1.29 is 13.2 Å². The van der Waals surface area contributed by atoms with Gasteiger partial charge in [0.2, 0.25) is 10.0 Å². The number of hydrogen-bond donors (Lipinski definition) is 0. The molecule has 1 fully saturated rings. The normalized spacial score (nSPS) is 14.4. The minimum Gasteiger partial charge on any atom is -0.371 e. The molecule has 0 aromatic heterocycles. The van der Waals surface area contributed by atoms with Crippen LogP contribution in [0.4, 0.5) is 5.69 Å². The van der Waals surface area contributed by atoms with Crippen molar-refractivity contribution in [2.24, 2.45) is 0 Å². The summed E-state index contributed by atoms with van der Waals surface area (Å²) >= 11 is 0. The Bertz CT molecular complexity index is 996. The van der Waals surface area contributed by atoms with Gasteiger partial charge in [0.15, 0.2) is 0 Å². The van der Waals surface area contributed by atoms with Gasteiger partial charge in [0, 0.05) is 46.5 Å². The maximum absolute atomic E-state index is 13.4. The molecule has 2 aromatic carbocycles. The first-order valence-electron chi connectivity index (χ1n) is 9.83. The molecule has 156 valence electrons. The van der Waals surface area contributed by atoms with Crippen LogP contribution in [-0.4, -0.2) is 57.8 Å². The van der Waals surface area contributed by atoms with E-state index in [1.165, 1.54) is 24.5 Å². The van der Waals surface area contributed by atoms with E-state index in [1.54, 1.807) is 24.1 Å². The third-order valence-corrected chi connectivity index (χ3v) is 7.25. The molecule has 0 radical (unpaired) electrons. The summed E-state index contributed by atoms with van der Waals surface area (Å²) in [7, 11) is 1.13. The molecule has 1 aliphatic rings. The van der Waals surface area contributed by atoms with Crippen LogP contribution in [0.1, 0.15) is 34.3 Å². The van der Waals surface area contributed by atoms with E-state index in [0.717, 1.165) is 42.7 Å². The van der Waals surface area contributed by atoms with Gasteiger partial charge in [-0.25, -0.2) is 12.7 Å². The SMILES string of the molecule is Cc1ccccc1CN(C)C(=O)c1cc(S(=O)(=O)N(C)C)ccc1N1CCCC1. The Morgan fingerprint density at radius 1 is 1.03 bits per heavy atom. The fraction of sp³-hybridized carbons (Fsp3) is 0.409. The van der Waals surface area contributed by atoms with Gasteiger partial charge >= 0.3 is 0 Å². The van der Waals surface area contributed by atoms with Crippen molar-refractivity contribution in [2.45, 2.75) is 31.2 Å². The maximum atomic E-state index is 13.4. The van der Waals surface area contributed by atoms with Gasteiger partial charge in [-0.05, 0) is 49.1 Å². The average molecular weight is 416 g/mol. The lowest BCUT2D eigenvalue weighted by Crippen LogP contribution is -2.30. The average Bonchev–Trinajstić information content (AvgIpc) is 3.23. The van der Waals surface area contributed by atoms with Crippen LogP contribution in [0.3, 0.4) is 0 Å². The molecule has 1 saturated heterocycles. The summed E-state index contributed by atoms with van der Waals surface area (Å²) in [5.74, 6) is -0.175. The van der Waals surface area contributed by atoms with Crippen molar-refractivity contribution >= 4 is 21.6 Å². The van der Waals surface area contributed by atoms with Crippen LogP contribution in [0, 0.1) is 6.92 Å². The Kier molecular flexibility index (Phi) is 6.29. The quantitative estimate of drug-likeness (QED) is 0.727. The summed E-state index contributed by atoms with van der Waals surface area (Å²) in [6, 6.07) is 12.9. The summed E-state index contributed by atoms with van der Waals surface area (Å²) in [6.45, 7) is 4.24. The van der Waals surface area contributed by atoms with Gasteiger partial charge < -0.3 is 9.80 Å². The highest BCUT2D eigenvalue weighted by Crippen LogP contribution is 2.29. The molecule has 0 atom stereocenters. The van der Waals surface area contributed by atoms with Gasteiger partial charge in [-0.2, -0.15) is 0 Å². The van der Waals surface area contributed by atoms with Crippen molar-refractivity contribution in [3.8, 4) is 0 Å². The number of carbonyl (C=O) groups excluding carboxylic acids is 1. The van der Waals surface area contributed by atoms with E-state index in [2.05, 4.69) is 4.90 Å². The number of anilines is 1. The number of hydrogen-bond acceptors (Lipinski definition) is 4. The molecule has 6 nitrogen and oxygen atoms in total. The maximum Gasteiger partial charge on any atom is 0.256 e. The molecule has 0 saturated carbocycles. The van der Waals surface area contributed by atoms with Gasteiger partial charge in [0.25, 0.3) is 5.91 Å². The number of nitrogens with zero attached hydrogens (tertiary/aromatic N) is 3. The van der Waals surface area contributed by atoms with E-state index < -0.39 is 10.0 Å². The number of sulfonamides is 1. The van der Waals surface area contributed by atoms with E-state index >= 15 is 0 Å². The first kappa shape index (κ1) is 21.3. The lowest BCUT2D eigenvalue weighted by atomic mass is 10.1. The predicted octanol–water partition coefficient (Wildman–Crippen LogP) is 3.12. The Hall–Kier alpha value is -2.38. The highest BCUT2D eigenvalue weighted by Gasteiger charge is 2.26. The molecule has 1 amide bonds. The molecule has 1 aliphatic heterocycles. The summed E-state index contributed by atoms with van der Waals surface area (Å²) in [6.07, 6.45) is 2.15. The second-order valence-corrected chi connectivity index (χ2v) is 9.90. The van der Waals surface area contributed by atoms with Crippen LogP contribution in [0.25, 0.3) is 0 Å².